The van der Waals surface area contributed by atoms with E-state index in [2.05, 4.69) is 15.2 Å². The first-order chi connectivity index (χ1) is 10.1. The largest absolute Gasteiger partial charge is 0.484 e. The lowest BCUT2D eigenvalue weighted by molar-refractivity contribution is 0.215. The number of rotatable bonds is 3. The van der Waals surface area contributed by atoms with Crippen LogP contribution in [0.3, 0.4) is 0 Å². The average Bonchev–Trinajstić information content (AvgIpc) is 2.91. The maximum Gasteiger partial charge on any atom is 0.155 e. The van der Waals surface area contributed by atoms with E-state index in [0.717, 1.165) is 11.5 Å². The van der Waals surface area contributed by atoms with Gasteiger partial charge < -0.3 is 10.5 Å². The second-order valence-electron chi connectivity index (χ2n) is 4.60. The Morgan fingerprint density at radius 1 is 1.29 bits per heavy atom. The van der Waals surface area contributed by atoms with E-state index in [0.29, 0.717) is 11.4 Å². The summed E-state index contributed by atoms with van der Waals surface area (Å²) < 4.78 is 33.3. The average molecular weight is 290 g/mol. The van der Waals surface area contributed by atoms with E-state index >= 15 is 0 Å². The predicted octanol–water partition coefficient (Wildman–Crippen LogP) is 2.96. The Hall–Kier alpha value is -2.70. The minimum Gasteiger partial charge on any atom is -0.484 e. The van der Waals surface area contributed by atoms with Crippen LogP contribution in [0.4, 0.5) is 14.5 Å². The van der Waals surface area contributed by atoms with Crippen molar-refractivity contribution in [3.05, 3.63) is 47.8 Å². The minimum atomic E-state index is -0.848. The summed E-state index contributed by atoms with van der Waals surface area (Å²) in [6.07, 6.45) is 2.19. The van der Waals surface area contributed by atoms with Crippen LogP contribution in [0.2, 0.25) is 0 Å². The molecule has 2 aromatic heterocycles. The molecule has 1 unspecified atom stereocenters. The molecule has 0 saturated carbocycles. The first-order valence-electron chi connectivity index (χ1n) is 6.25. The predicted molar refractivity (Wildman–Crippen MR) is 73.7 cm³/mol. The molecule has 0 aliphatic heterocycles. The molecule has 0 aliphatic carbocycles. The molecule has 3 aromatic rings. The molecule has 0 aliphatic rings. The Morgan fingerprint density at radius 3 is 2.90 bits per heavy atom. The number of nitrogens with zero attached hydrogens (tertiary/aromatic N) is 2. The molecule has 0 amide bonds. The molecule has 0 bridgehead atoms. The number of ether oxygens (including phenoxy) is 1. The van der Waals surface area contributed by atoms with Gasteiger partial charge in [0, 0.05) is 5.39 Å². The highest BCUT2D eigenvalue weighted by molar-refractivity contribution is 5.74. The molecule has 5 nitrogen and oxygen atoms in total. The van der Waals surface area contributed by atoms with Crippen LogP contribution < -0.4 is 10.5 Å². The highest BCUT2D eigenvalue weighted by atomic mass is 19.1. The lowest BCUT2D eigenvalue weighted by atomic mass is 10.1. The second-order valence-corrected chi connectivity index (χ2v) is 4.60. The molecule has 2 heterocycles. The zero-order chi connectivity index (χ0) is 15.0. The fourth-order valence-corrected chi connectivity index (χ4v) is 2.10. The van der Waals surface area contributed by atoms with Crippen molar-refractivity contribution < 1.29 is 13.5 Å². The Balaban J connectivity index is 1.92. The molecule has 21 heavy (non-hydrogen) atoms. The molecular formula is C14H12F2N4O. The molecular weight excluding hydrogens is 278 g/mol. The van der Waals surface area contributed by atoms with Crippen LogP contribution in [-0.2, 0) is 0 Å². The number of H-pyrrole nitrogens is 1. The van der Waals surface area contributed by atoms with Crippen molar-refractivity contribution in [1.82, 2.24) is 15.2 Å². The first kappa shape index (κ1) is 13.3. The topological polar surface area (TPSA) is 76.8 Å². The monoisotopic (exact) mass is 290 g/mol. The number of halogens is 2. The van der Waals surface area contributed by atoms with Gasteiger partial charge in [0.2, 0.25) is 0 Å². The van der Waals surface area contributed by atoms with Gasteiger partial charge in [-0.3, -0.25) is 5.10 Å². The van der Waals surface area contributed by atoms with Gasteiger partial charge in [-0.15, -0.1) is 0 Å². The summed E-state index contributed by atoms with van der Waals surface area (Å²) in [5.41, 5.74) is 5.74. The van der Waals surface area contributed by atoms with Crippen molar-refractivity contribution in [2.24, 2.45) is 0 Å². The van der Waals surface area contributed by atoms with Crippen LogP contribution in [0.5, 0.6) is 5.75 Å². The van der Waals surface area contributed by atoms with Crippen LogP contribution >= 0.6 is 0 Å². The number of hydrogen-bond donors (Lipinski definition) is 2. The van der Waals surface area contributed by atoms with Crippen LogP contribution in [0.1, 0.15) is 18.6 Å². The van der Waals surface area contributed by atoms with Crippen LogP contribution in [0, 0.1) is 11.6 Å². The quantitative estimate of drug-likeness (QED) is 0.727. The third-order valence-corrected chi connectivity index (χ3v) is 3.14. The number of nitrogens with one attached hydrogen (secondary N) is 1. The minimum absolute atomic E-state index is 0.120. The lowest BCUT2D eigenvalue weighted by Crippen LogP contribution is -2.10. The number of nitrogen functional groups attached to an aromatic ring is 1. The standard InChI is InChI=1S/C14H12F2N4O/c1-7(12-10(15)2-3-11(17)13(12)16)21-9-4-8-5-19-20-14(8)18-6-9/h2-7H,17H2,1H3,(H,18,19,20). The maximum atomic E-state index is 13.9. The highest BCUT2D eigenvalue weighted by Crippen LogP contribution is 2.29. The summed E-state index contributed by atoms with van der Waals surface area (Å²) in [6.45, 7) is 1.54. The lowest BCUT2D eigenvalue weighted by Gasteiger charge is -2.17. The number of aromatic nitrogens is 3. The molecule has 0 spiro atoms. The van der Waals surface area contributed by atoms with Gasteiger partial charge in [0.15, 0.2) is 11.5 Å². The Bertz CT molecular complexity index is 803. The normalized spacial score (nSPS) is 12.5. The number of aromatic amines is 1. The molecule has 0 saturated heterocycles. The smallest absolute Gasteiger partial charge is 0.155 e. The molecule has 0 fully saturated rings. The van der Waals surface area contributed by atoms with E-state index in [9.17, 15) is 8.78 Å². The van der Waals surface area contributed by atoms with Crippen LogP contribution in [0.25, 0.3) is 11.0 Å². The fourth-order valence-electron chi connectivity index (χ4n) is 2.10. The van der Waals surface area contributed by atoms with E-state index < -0.39 is 17.7 Å². The molecule has 1 atom stereocenters. The summed E-state index contributed by atoms with van der Waals surface area (Å²) in [6, 6.07) is 3.98. The van der Waals surface area contributed by atoms with Crippen molar-refractivity contribution in [2.75, 3.05) is 5.73 Å². The summed E-state index contributed by atoms with van der Waals surface area (Å²) in [5.74, 6) is -1.12. The zero-order valence-corrected chi connectivity index (χ0v) is 11.1. The van der Waals surface area contributed by atoms with Gasteiger partial charge in [0.1, 0.15) is 17.7 Å². The Kier molecular flexibility index (Phi) is 3.17. The number of nitrogens with two attached hydrogens (primary N) is 1. The summed E-state index contributed by atoms with van der Waals surface area (Å²) in [5, 5.41) is 7.29. The Labute approximate surface area is 118 Å². The van der Waals surface area contributed by atoms with E-state index in [1.807, 2.05) is 0 Å². The van der Waals surface area contributed by atoms with Crippen molar-refractivity contribution in [2.45, 2.75) is 13.0 Å². The SMILES string of the molecule is CC(Oc1cnc2[nH]ncc2c1)c1c(F)ccc(N)c1F. The number of benzene rings is 1. The van der Waals surface area contributed by atoms with Crippen molar-refractivity contribution >= 4 is 16.7 Å². The number of fused-ring (bicyclic) bond motifs is 1. The third kappa shape index (κ3) is 2.37. The number of pyridine rings is 1. The van der Waals surface area contributed by atoms with Crippen molar-refractivity contribution in [3.63, 3.8) is 0 Å². The summed E-state index contributed by atoms with van der Waals surface area (Å²) >= 11 is 0. The van der Waals surface area contributed by atoms with Crippen molar-refractivity contribution in [1.29, 1.82) is 0 Å². The van der Waals surface area contributed by atoms with E-state index in [1.54, 1.807) is 19.2 Å². The first-order valence-corrected chi connectivity index (χ1v) is 6.25. The summed E-state index contributed by atoms with van der Waals surface area (Å²) in [7, 11) is 0. The van der Waals surface area contributed by atoms with E-state index in [4.69, 9.17) is 10.5 Å². The van der Waals surface area contributed by atoms with E-state index in [1.165, 1.54) is 12.3 Å². The van der Waals surface area contributed by atoms with Gasteiger partial charge in [-0.25, -0.2) is 13.8 Å². The van der Waals surface area contributed by atoms with Crippen LogP contribution in [0.15, 0.2) is 30.6 Å². The molecule has 7 heteroatoms. The van der Waals surface area contributed by atoms with Gasteiger partial charge in [0.05, 0.1) is 23.6 Å². The highest BCUT2D eigenvalue weighted by Gasteiger charge is 2.20. The second kappa shape index (κ2) is 5.01. The van der Waals surface area contributed by atoms with Gasteiger partial charge in [-0.2, -0.15) is 5.10 Å². The third-order valence-electron chi connectivity index (χ3n) is 3.14. The molecule has 108 valence electrons. The Morgan fingerprint density at radius 2 is 2.10 bits per heavy atom. The van der Waals surface area contributed by atoms with Crippen LogP contribution in [-0.4, -0.2) is 15.2 Å². The van der Waals surface area contributed by atoms with Gasteiger partial charge in [-0.1, -0.05) is 0 Å². The molecule has 3 rings (SSSR count). The molecule has 1 aromatic carbocycles. The maximum absolute atomic E-state index is 13.9. The fraction of sp³-hybridized carbons (Fsp3) is 0.143. The van der Waals surface area contributed by atoms with E-state index in [-0.39, 0.29) is 11.3 Å². The number of anilines is 1. The van der Waals surface area contributed by atoms with Gasteiger partial charge >= 0.3 is 0 Å². The summed E-state index contributed by atoms with van der Waals surface area (Å²) in [4.78, 5) is 4.10. The number of hydrogen-bond acceptors (Lipinski definition) is 4. The molecule has 0 radical (unpaired) electrons. The van der Waals surface area contributed by atoms with Gasteiger partial charge in [0.25, 0.3) is 0 Å². The van der Waals surface area contributed by atoms with Crippen molar-refractivity contribution in [3.8, 4) is 5.75 Å². The van der Waals surface area contributed by atoms with Gasteiger partial charge in [-0.05, 0) is 25.1 Å². The zero-order valence-electron chi connectivity index (χ0n) is 11.1. The molecule has 3 N–H and O–H groups in total.